The largest absolute Gasteiger partial charge is 0.370 e. The molecule has 0 aliphatic carbocycles. The first kappa shape index (κ1) is 24.9. The number of primary amides is 1. The molecule has 1 unspecified atom stereocenters. The van der Waals surface area contributed by atoms with E-state index in [0.29, 0.717) is 24.7 Å². The van der Waals surface area contributed by atoms with Gasteiger partial charge in [0, 0.05) is 31.6 Å². The van der Waals surface area contributed by atoms with Gasteiger partial charge in [-0.3, -0.25) is 24.4 Å². The highest BCUT2D eigenvalue weighted by Gasteiger charge is 2.46. The van der Waals surface area contributed by atoms with E-state index in [1.165, 1.54) is 12.1 Å². The van der Waals surface area contributed by atoms with E-state index >= 15 is 0 Å². The fourth-order valence-corrected chi connectivity index (χ4v) is 6.18. The van der Waals surface area contributed by atoms with Crippen molar-refractivity contribution >= 4 is 33.4 Å². The van der Waals surface area contributed by atoms with Crippen LogP contribution in [0.1, 0.15) is 35.2 Å². The van der Waals surface area contributed by atoms with E-state index in [9.17, 15) is 27.9 Å². The van der Waals surface area contributed by atoms with Crippen LogP contribution in [0.15, 0.2) is 53.6 Å². The van der Waals surface area contributed by atoms with Gasteiger partial charge in [0.05, 0.1) is 22.2 Å². The molecule has 184 valence electrons. The molecule has 1 amide bonds. The van der Waals surface area contributed by atoms with Crippen LogP contribution >= 0.6 is 11.7 Å². The highest BCUT2D eigenvalue weighted by atomic mass is 32.2. The van der Waals surface area contributed by atoms with Gasteiger partial charge in [-0.2, -0.15) is 17.2 Å². The summed E-state index contributed by atoms with van der Waals surface area (Å²) in [5.41, 5.74) is 6.80. The van der Waals surface area contributed by atoms with Gasteiger partial charge in [-0.25, -0.2) is 0 Å². The van der Waals surface area contributed by atoms with E-state index in [1.54, 1.807) is 6.07 Å². The second kappa shape index (κ2) is 9.77. The van der Waals surface area contributed by atoms with Crippen LogP contribution in [0, 0.1) is 10.1 Å². The molecular formula is C22H23N5O6S2. The van der Waals surface area contributed by atoms with Crippen molar-refractivity contribution in [3.8, 4) is 0 Å². The average molecular weight is 518 g/mol. The number of fused-ring (bicyclic) bond motifs is 1. The smallest absolute Gasteiger partial charge is 0.315 e. The van der Waals surface area contributed by atoms with E-state index in [2.05, 4.69) is 8.75 Å². The topological polar surface area (TPSA) is 170 Å². The summed E-state index contributed by atoms with van der Waals surface area (Å²) in [4.78, 5) is 24.7. The third-order valence-electron chi connectivity index (χ3n) is 6.29. The number of benzene rings is 2. The lowest BCUT2D eigenvalue weighted by molar-refractivity contribution is -0.385. The minimum absolute atomic E-state index is 0.0315. The monoisotopic (exact) mass is 517 g/mol. The maximum atomic E-state index is 12.2. The predicted octanol–water partition coefficient (Wildman–Crippen LogP) is 2.45. The van der Waals surface area contributed by atoms with Crippen molar-refractivity contribution in [1.29, 1.82) is 0 Å². The molecule has 0 saturated carbocycles. The number of carbonyl (C=O) groups excluding carboxylic acids is 1. The van der Waals surface area contributed by atoms with Crippen molar-refractivity contribution in [1.82, 2.24) is 13.6 Å². The Balaban J connectivity index is 1.89. The Morgan fingerprint density at radius 1 is 1.20 bits per heavy atom. The number of amides is 1. The summed E-state index contributed by atoms with van der Waals surface area (Å²) >= 11 is 0.649. The van der Waals surface area contributed by atoms with Gasteiger partial charge < -0.3 is 5.73 Å². The zero-order chi connectivity index (χ0) is 25.2. The van der Waals surface area contributed by atoms with Crippen LogP contribution in [0.25, 0.3) is 0 Å². The number of hydrogen-bond acceptors (Lipinski definition) is 9. The Morgan fingerprint density at radius 3 is 2.60 bits per heavy atom. The molecule has 0 fully saturated rings. The SMILES string of the molecule is NC(=O)CCC(Cc1ccccc1)(c1nsnc1S(=O)(=O)O)N1CCc2ccc([N+](=O)[O-])cc2C1. The maximum Gasteiger partial charge on any atom is 0.315 e. The quantitative estimate of drug-likeness (QED) is 0.246. The molecule has 35 heavy (non-hydrogen) atoms. The Morgan fingerprint density at radius 2 is 1.94 bits per heavy atom. The maximum absolute atomic E-state index is 12.2. The van der Waals surface area contributed by atoms with Crippen molar-refractivity contribution in [3.63, 3.8) is 0 Å². The Labute approximate surface area is 205 Å². The summed E-state index contributed by atoms with van der Waals surface area (Å²) in [5.74, 6) is -0.577. The Bertz CT molecular complexity index is 1360. The zero-order valence-corrected chi connectivity index (χ0v) is 20.2. The van der Waals surface area contributed by atoms with Crippen molar-refractivity contribution in [2.24, 2.45) is 5.73 Å². The molecule has 13 heteroatoms. The first-order chi connectivity index (χ1) is 16.6. The van der Waals surface area contributed by atoms with Gasteiger partial charge in [-0.05, 0) is 36.0 Å². The zero-order valence-electron chi connectivity index (χ0n) is 18.5. The highest BCUT2D eigenvalue weighted by Crippen LogP contribution is 2.42. The molecule has 0 radical (unpaired) electrons. The van der Waals surface area contributed by atoms with Gasteiger partial charge in [0.15, 0.2) is 0 Å². The molecule has 0 spiro atoms. The van der Waals surface area contributed by atoms with Gasteiger partial charge in [0.1, 0.15) is 5.69 Å². The van der Waals surface area contributed by atoms with Crippen molar-refractivity contribution < 1.29 is 22.7 Å². The van der Waals surface area contributed by atoms with Crippen LogP contribution in [-0.2, 0) is 39.8 Å². The summed E-state index contributed by atoms with van der Waals surface area (Å²) < 4.78 is 42.5. The molecule has 1 aliphatic heterocycles. The number of carbonyl (C=O) groups is 1. The van der Waals surface area contributed by atoms with E-state index < -0.39 is 31.5 Å². The van der Waals surface area contributed by atoms with Gasteiger partial charge in [-0.1, -0.05) is 36.4 Å². The van der Waals surface area contributed by atoms with Crippen LogP contribution in [0.5, 0.6) is 0 Å². The average Bonchev–Trinajstić information content (AvgIpc) is 3.33. The molecule has 1 aromatic heterocycles. The lowest BCUT2D eigenvalue weighted by Crippen LogP contribution is -2.51. The molecule has 1 atom stereocenters. The lowest BCUT2D eigenvalue weighted by Gasteiger charge is -2.45. The Hall–Kier alpha value is -3.26. The first-order valence-electron chi connectivity index (χ1n) is 10.7. The van der Waals surface area contributed by atoms with E-state index in [-0.39, 0.29) is 37.2 Å². The second-order valence-electron chi connectivity index (χ2n) is 8.44. The highest BCUT2D eigenvalue weighted by molar-refractivity contribution is 7.85. The summed E-state index contributed by atoms with van der Waals surface area (Å²) in [7, 11) is -4.72. The number of aromatic nitrogens is 2. The normalized spacial score (nSPS) is 15.8. The number of nitrogens with two attached hydrogens (primary N) is 1. The third-order valence-corrected chi connectivity index (χ3v) is 7.70. The number of hydrogen-bond donors (Lipinski definition) is 2. The minimum Gasteiger partial charge on any atom is -0.370 e. The standard InChI is InChI=1S/C22H23N5O6S2/c23-19(28)8-10-22(13-15-4-2-1-3-5-15,20-21(25-34-24-20)35(31,32)33)26-11-9-16-6-7-18(27(29)30)12-17(16)14-26/h1-7,12H,8-11,13-14H2,(H2,23,28)(H,31,32,33). The Kier molecular flexibility index (Phi) is 6.94. The van der Waals surface area contributed by atoms with Crippen LogP contribution in [0.4, 0.5) is 5.69 Å². The van der Waals surface area contributed by atoms with Crippen LogP contribution in [-0.4, -0.2) is 44.0 Å². The van der Waals surface area contributed by atoms with Gasteiger partial charge >= 0.3 is 10.1 Å². The molecule has 4 rings (SSSR count). The number of nitro groups is 1. The van der Waals surface area contributed by atoms with Crippen molar-refractivity contribution in [2.75, 3.05) is 6.54 Å². The van der Waals surface area contributed by atoms with Gasteiger partial charge in [-0.15, -0.1) is 0 Å². The molecule has 3 N–H and O–H groups in total. The third kappa shape index (κ3) is 5.22. The van der Waals surface area contributed by atoms with Crippen molar-refractivity contribution in [2.45, 2.75) is 42.8 Å². The molecule has 2 aromatic carbocycles. The molecule has 2 heterocycles. The van der Waals surface area contributed by atoms with Gasteiger partial charge in [0.25, 0.3) is 5.69 Å². The van der Waals surface area contributed by atoms with E-state index in [0.717, 1.165) is 16.7 Å². The molecular weight excluding hydrogens is 494 g/mol. The number of nitrogens with zero attached hydrogens (tertiary/aromatic N) is 4. The molecule has 0 bridgehead atoms. The number of rotatable bonds is 9. The van der Waals surface area contributed by atoms with Gasteiger partial charge in [0.2, 0.25) is 10.9 Å². The van der Waals surface area contributed by atoms with Crippen molar-refractivity contribution in [3.05, 3.63) is 81.0 Å². The van der Waals surface area contributed by atoms with Crippen LogP contribution in [0.3, 0.4) is 0 Å². The minimum atomic E-state index is -4.72. The summed E-state index contributed by atoms with van der Waals surface area (Å²) in [6, 6.07) is 14.0. The van der Waals surface area contributed by atoms with Crippen LogP contribution < -0.4 is 5.73 Å². The first-order valence-corrected chi connectivity index (χ1v) is 12.9. The fraction of sp³-hybridized carbons (Fsp3) is 0.318. The lowest BCUT2D eigenvalue weighted by atomic mass is 9.80. The fourth-order valence-electron chi connectivity index (χ4n) is 4.63. The summed E-state index contributed by atoms with van der Waals surface area (Å²) in [6.07, 6.45) is 0.821. The summed E-state index contributed by atoms with van der Waals surface area (Å²) in [5, 5.41) is 10.8. The molecule has 11 nitrogen and oxygen atoms in total. The predicted molar refractivity (Wildman–Crippen MR) is 127 cm³/mol. The molecule has 1 aliphatic rings. The van der Waals surface area contributed by atoms with Crippen LogP contribution in [0.2, 0.25) is 0 Å². The second-order valence-corrected chi connectivity index (χ2v) is 10.3. The number of nitro benzene ring substituents is 1. The van der Waals surface area contributed by atoms with E-state index in [4.69, 9.17) is 5.73 Å². The molecule has 3 aromatic rings. The summed E-state index contributed by atoms with van der Waals surface area (Å²) in [6.45, 7) is 0.698. The van der Waals surface area contributed by atoms with E-state index in [1.807, 2.05) is 35.2 Å². The molecule has 0 saturated heterocycles. The number of non-ortho nitro benzene ring substituents is 1.